The highest BCUT2D eigenvalue weighted by atomic mass is 16.5. The highest BCUT2D eigenvalue weighted by Crippen LogP contribution is 2.29. The molecule has 0 spiro atoms. The Kier molecular flexibility index (Phi) is 4.56. The number of carbonyl (C=O) groups is 1. The van der Waals surface area contributed by atoms with Crippen molar-refractivity contribution in [2.75, 3.05) is 14.1 Å². The van der Waals surface area contributed by atoms with Crippen molar-refractivity contribution in [3.8, 4) is 5.75 Å². The lowest BCUT2D eigenvalue weighted by molar-refractivity contribution is 0.161. The quantitative estimate of drug-likeness (QED) is 0.880. The lowest BCUT2D eigenvalue weighted by Crippen LogP contribution is -2.48. The molecule has 0 aliphatic heterocycles. The molecule has 6 nitrogen and oxygen atoms in total. The van der Waals surface area contributed by atoms with E-state index in [1.807, 2.05) is 30.3 Å². The minimum Gasteiger partial charge on any atom is -0.479 e. The molecule has 1 N–H and O–H groups in total. The van der Waals surface area contributed by atoms with Crippen LogP contribution >= 0.6 is 0 Å². The molecule has 0 unspecified atom stereocenters. The molecular formula is C17H21N2O4+. The van der Waals surface area contributed by atoms with Crippen LogP contribution in [-0.2, 0) is 13.7 Å². The maximum Gasteiger partial charge on any atom is 0.519 e. The number of pyridine rings is 1. The molecule has 2 rings (SSSR count). The average molecular weight is 317 g/mol. The van der Waals surface area contributed by atoms with Gasteiger partial charge in [-0.3, -0.25) is 4.79 Å². The van der Waals surface area contributed by atoms with Crippen molar-refractivity contribution in [1.82, 2.24) is 9.05 Å². The number of rotatable bonds is 4. The van der Waals surface area contributed by atoms with Crippen LogP contribution in [0, 0.1) is 6.92 Å². The van der Waals surface area contributed by atoms with E-state index >= 15 is 0 Å². The van der Waals surface area contributed by atoms with Gasteiger partial charge in [-0.1, -0.05) is 30.3 Å². The number of carboxylic acid groups (broad SMARTS) is 1. The maximum atomic E-state index is 12.4. The second-order valence-corrected chi connectivity index (χ2v) is 5.87. The molecule has 0 aliphatic rings. The number of hydrogen-bond donors (Lipinski definition) is 1. The minimum atomic E-state index is -1.07. The third kappa shape index (κ3) is 3.27. The van der Waals surface area contributed by atoms with Crippen molar-refractivity contribution in [2.24, 2.45) is 7.05 Å². The summed E-state index contributed by atoms with van der Waals surface area (Å²) in [7, 11) is 4.74. The Morgan fingerprint density at radius 2 is 1.87 bits per heavy atom. The van der Waals surface area contributed by atoms with Gasteiger partial charge in [-0.2, -0.15) is 9.28 Å². The zero-order valence-electron chi connectivity index (χ0n) is 13.7. The van der Waals surface area contributed by atoms with Gasteiger partial charge in [0.15, 0.2) is 0 Å². The van der Waals surface area contributed by atoms with E-state index in [-0.39, 0.29) is 17.8 Å². The van der Waals surface area contributed by atoms with Crippen molar-refractivity contribution >= 4 is 11.9 Å². The predicted octanol–water partition coefficient (Wildman–Crippen LogP) is 2.52. The molecule has 122 valence electrons. The van der Waals surface area contributed by atoms with Gasteiger partial charge in [0.2, 0.25) is 11.2 Å². The molecule has 23 heavy (non-hydrogen) atoms. The van der Waals surface area contributed by atoms with Gasteiger partial charge >= 0.3 is 6.09 Å². The number of nitrogens with zero attached hydrogens (tertiary/aromatic N) is 2. The fraction of sp³-hybridized carbons (Fsp3) is 0.294. The molecule has 0 atom stereocenters. The van der Waals surface area contributed by atoms with E-state index in [2.05, 4.69) is 0 Å². The van der Waals surface area contributed by atoms with Crippen LogP contribution < -0.4 is 14.6 Å². The van der Waals surface area contributed by atoms with E-state index in [1.54, 1.807) is 18.5 Å². The second kappa shape index (κ2) is 6.26. The first-order chi connectivity index (χ1) is 10.7. The summed E-state index contributed by atoms with van der Waals surface area (Å²) < 4.78 is 6.89. The highest BCUT2D eigenvalue weighted by molar-refractivity contribution is 5.80. The Labute approximate surface area is 134 Å². The summed E-state index contributed by atoms with van der Waals surface area (Å²) >= 11 is 0. The number of amides is 1. The molecule has 1 aromatic heterocycles. The first-order valence-electron chi connectivity index (χ1n) is 7.20. The number of hydrogen-bond acceptors (Lipinski definition) is 3. The van der Waals surface area contributed by atoms with Crippen LogP contribution in [-0.4, -0.2) is 29.9 Å². The molecule has 6 heteroatoms. The molecule has 0 saturated heterocycles. The zero-order valence-corrected chi connectivity index (χ0v) is 13.7. The number of ether oxygens (including phenoxy) is 1. The summed E-state index contributed by atoms with van der Waals surface area (Å²) in [5.41, 5.74) is 1.25. The smallest absolute Gasteiger partial charge is 0.479 e. The van der Waals surface area contributed by atoms with Crippen LogP contribution in [0.15, 0.2) is 41.2 Å². The Hall–Kier alpha value is -2.60. The van der Waals surface area contributed by atoms with Crippen molar-refractivity contribution in [2.45, 2.75) is 13.5 Å². The number of aromatic nitrogens is 1. The topological polar surface area (TPSA) is 68.5 Å². The van der Waals surface area contributed by atoms with Gasteiger partial charge in [-0.15, -0.1) is 0 Å². The Morgan fingerprint density at radius 1 is 1.26 bits per heavy atom. The van der Waals surface area contributed by atoms with Gasteiger partial charge in [0.05, 0.1) is 14.1 Å². The van der Waals surface area contributed by atoms with Crippen LogP contribution in [0.3, 0.4) is 0 Å². The van der Waals surface area contributed by atoms with E-state index in [0.29, 0.717) is 11.5 Å². The van der Waals surface area contributed by atoms with Crippen molar-refractivity contribution in [1.29, 1.82) is 0 Å². The van der Waals surface area contributed by atoms with Gasteiger partial charge in [0, 0.05) is 18.8 Å². The molecule has 1 aromatic carbocycles. The maximum absolute atomic E-state index is 12.4. The second-order valence-electron chi connectivity index (χ2n) is 5.87. The van der Waals surface area contributed by atoms with E-state index in [1.165, 1.54) is 20.2 Å². The molecule has 0 bridgehead atoms. The van der Waals surface area contributed by atoms with Gasteiger partial charge in [-0.05, 0) is 12.5 Å². The van der Waals surface area contributed by atoms with Crippen LogP contribution in [0.4, 0.5) is 10.6 Å². The van der Waals surface area contributed by atoms with Crippen LogP contribution in [0.5, 0.6) is 5.75 Å². The summed E-state index contributed by atoms with van der Waals surface area (Å²) in [4.78, 5) is 24.0. The number of quaternary nitrogens is 1. The Bertz CT molecular complexity index is 779. The summed E-state index contributed by atoms with van der Waals surface area (Å²) in [6.45, 7) is 1.96. The number of aryl methyl sites for hydroxylation is 1. The Morgan fingerprint density at radius 3 is 2.43 bits per heavy atom. The normalized spacial score (nSPS) is 11.3. The van der Waals surface area contributed by atoms with Crippen LogP contribution in [0.25, 0.3) is 0 Å². The molecule has 0 radical (unpaired) electrons. The summed E-state index contributed by atoms with van der Waals surface area (Å²) in [6, 6.07) is 10.9. The predicted molar refractivity (Wildman–Crippen MR) is 88.9 cm³/mol. The molecular weight excluding hydrogens is 296 g/mol. The molecule has 1 heterocycles. The van der Waals surface area contributed by atoms with Gasteiger partial charge in [0.25, 0.3) is 5.82 Å². The standard InChI is InChI=1S/C17H20N2O4/c1-12-10-14(20)15(23-11-13-8-6-5-7-9-13)16(18(12)2)19(3,4)17(21)22/h5-10H,11H2,1-4H3/p+1. The lowest BCUT2D eigenvalue weighted by atomic mass is 10.2. The largest absolute Gasteiger partial charge is 0.519 e. The van der Waals surface area contributed by atoms with Gasteiger partial charge < -0.3 is 14.4 Å². The third-order valence-corrected chi connectivity index (χ3v) is 3.85. The minimum absolute atomic E-state index is 0.0642. The van der Waals surface area contributed by atoms with E-state index in [9.17, 15) is 14.7 Å². The van der Waals surface area contributed by atoms with Crippen molar-refractivity contribution in [3.63, 3.8) is 0 Å². The van der Waals surface area contributed by atoms with Crippen LogP contribution in [0.1, 0.15) is 11.3 Å². The van der Waals surface area contributed by atoms with Gasteiger partial charge in [-0.25, -0.2) is 0 Å². The average Bonchev–Trinajstić information content (AvgIpc) is 2.50. The Balaban J connectivity index is 2.52. The van der Waals surface area contributed by atoms with E-state index in [4.69, 9.17) is 4.74 Å². The van der Waals surface area contributed by atoms with Crippen LogP contribution in [0.2, 0.25) is 0 Å². The molecule has 1 amide bonds. The molecule has 0 fully saturated rings. The molecule has 2 aromatic rings. The first-order valence-corrected chi connectivity index (χ1v) is 7.20. The highest BCUT2D eigenvalue weighted by Gasteiger charge is 2.37. The number of benzene rings is 1. The molecule has 0 saturated carbocycles. The fourth-order valence-electron chi connectivity index (χ4n) is 2.37. The third-order valence-electron chi connectivity index (χ3n) is 3.85. The van der Waals surface area contributed by atoms with Gasteiger partial charge in [0.1, 0.15) is 6.61 Å². The molecule has 0 aliphatic carbocycles. The van der Waals surface area contributed by atoms with E-state index in [0.717, 1.165) is 5.56 Å². The summed E-state index contributed by atoms with van der Waals surface area (Å²) in [5.74, 6) is 0.368. The summed E-state index contributed by atoms with van der Waals surface area (Å²) in [5, 5.41) is 9.51. The SMILES string of the molecule is Cc1cc(=O)c(OCc2ccccc2)c([N+](C)(C)C(=O)O)n1C. The lowest BCUT2D eigenvalue weighted by Gasteiger charge is -2.27. The van der Waals surface area contributed by atoms with Crippen molar-refractivity contribution < 1.29 is 14.6 Å². The fourth-order valence-corrected chi connectivity index (χ4v) is 2.37. The van der Waals surface area contributed by atoms with E-state index < -0.39 is 10.6 Å². The zero-order chi connectivity index (χ0) is 17.2. The summed E-state index contributed by atoms with van der Waals surface area (Å²) in [6.07, 6.45) is -1.07. The first kappa shape index (κ1) is 16.8. The van der Waals surface area contributed by atoms with Crippen molar-refractivity contribution in [3.05, 3.63) is 57.9 Å². The monoisotopic (exact) mass is 317 g/mol.